The van der Waals surface area contributed by atoms with Crippen LogP contribution in [0.15, 0.2) is 48.7 Å². The van der Waals surface area contributed by atoms with Gasteiger partial charge in [0.2, 0.25) is 0 Å². The Hall–Kier alpha value is -2.89. The molecule has 1 aromatic heterocycles. The first-order chi connectivity index (χ1) is 10.5. The second kappa shape index (κ2) is 5.48. The second-order valence-corrected chi connectivity index (χ2v) is 4.61. The number of aromatic nitrogens is 1. The lowest BCUT2D eigenvalue weighted by atomic mass is 10.1. The summed E-state index contributed by atoms with van der Waals surface area (Å²) in [6, 6.07) is 8.32. The lowest BCUT2D eigenvalue weighted by Gasteiger charge is -2.09. The summed E-state index contributed by atoms with van der Waals surface area (Å²) in [5.74, 6) is -2.74. The van der Waals surface area contributed by atoms with Crippen molar-refractivity contribution < 1.29 is 18.0 Å². The van der Waals surface area contributed by atoms with Gasteiger partial charge in [0.1, 0.15) is 17.2 Å². The van der Waals surface area contributed by atoms with Gasteiger partial charge in [0.25, 0.3) is 5.91 Å². The molecule has 1 amide bonds. The maximum Gasteiger partial charge on any atom is 0.255 e. The molecule has 3 aromatic rings. The van der Waals surface area contributed by atoms with E-state index in [1.54, 1.807) is 0 Å². The lowest BCUT2D eigenvalue weighted by Crippen LogP contribution is -2.12. The summed E-state index contributed by atoms with van der Waals surface area (Å²) >= 11 is 0. The van der Waals surface area contributed by atoms with Crippen molar-refractivity contribution in [3.8, 4) is 0 Å². The zero-order chi connectivity index (χ0) is 15.7. The molecule has 1 N–H and O–H groups in total. The molecule has 1 heterocycles. The van der Waals surface area contributed by atoms with Crippen molar-refractivity contribution in [2.75, 3.05) is 5.32 Å². The first-order valence-corrected chi connectivity index (χ1v) is 6.35. The van der Waals surface area contributed by atoms with Crippen molar-refractivity contribution in [2.45, 2.75) is 0 Å². The Morgan fingerprint density at radius 3 is 2.59 bits per heavy atom. The van der Waals surface area contributed by atoms with Gasteiger partial charge in [-0.25, -0.2) is 13.2 Å². The molecule has 0 aliphatic carbocycles. The molecule has 0 aliphatic rings. The van der Waals surface area contributed by atoms with Gasteiger partial charge in [0.15, 0.2) is 5.82 Å². The highest BCUT2D eigenvalue weighted by molar-refractivity contribution is 6.08. The molecule has 0 saturated heterocycles. The van der Waals surface area contributed by atoms with Crippen LogP contribution in [0.1, 0.15) is 10.4 Å². The van der Waals surface area contributed by atoms with Crippen LogP contribution < -0.4 is 5.32 Å². The number of fused-ring (bicyclic) bond motifs is 1. The molecule has 0 unspecified atom stereocenters. The zero-order valence-corrected chi connectivity index (χ0v) is 11.1. The summed E-state index contributed by atoms with van der Waals surface area (Å²) in [6.45, 7) is 0. The Bertz CT molecular complexity index is 880. The molecule has 22 heavy (non-hydrogen) atoms. The number of amides is 1. The van der Waals surface area contributed by atoms with Crippen molar-refractivity contribution >= 4 is 22.5 Å². The van der Waals surface area contributed by atoms with Crippen LogP contribution >= 0.6 is 0 Å². The third kappa shape index (κ3) is 2.63. The Balaban J connectivity index is 2.02. The number of carbonyl (C=O) groups excluding carboxylic acids is 1. The molecular weight excluding hydrogens is 293 g/mol. The van der Waals surface area contributed by atoms with Gasteiger partial charge in [-0.1, -0.05) is 6.07 Å². The highest BCUT2D eigenvalue weighted by atomic mass is 19.1. The number of halogens is 3. The van der Waals surface area contributed by atoms with E-state index in [0.29, 0.717) is 6.07 Å². The predicted octanol–water partition coefficient (Wildman–Crippen LogP) is 3.90. The average molecular weight is 302 g/mol. The fraction of sp³-hybridized carbons (Fsp3) is 0. The van der Waals surface area contributed by atoms with Gasteiger partial charge < -0.3 is 5.32 Å². The van der Waals surface area contributed by atoms with Crippen molar-refractivity contribution in [3.63, 3.8) is 0 Å². The Labute approximate surface area is 123 Å². The monoisotopic (exact) mass is 302 g/mol. The largest absolute Gasteiger partial charge is 0.321 e. The summed E-state index contributed by atoms with van der Waals surface area (Å²) in [4.78, 5) is 15.9. The molecule has 3 rings (SSSR count). The number of hydrogen-bond acceptors (Lipinski definition) is 2. The maximum atomic E-state index is 13.7. The van der Waals surface area contributed by atoms with Gasteiger partial charge in [-0.15, -0.1) is 0 Å². The van der Waals surface area contributed by atoms with E-state index in [4.69, 9.17) is 0 Å². The fourth-order valence-electron chi connectivity index (χ4n) is 2.11. The van der Waals surface area contributed by atoms with Crippen molar-refractivity contribution in [2.24, 2.45) is 0 Å². The lowest BCUT2D eigenvalue weighted by molar-refractivity contribution is 0.102. The molecular formula is C16H9F3N2O. The number of hydrogen-bond donors (Lipinski definition) is 1. The fourth-order valence-corrected chi connectivity index (χ4v) is 2.11. The first kappa shape index (κ1) is 14.1. The van der Waals surface area contributed by atoms with Gasteiger partial charge >= 0.3 is 0 Å². The minimum Gasteiger partial charge on any atom is -0.321 e. The minimum atomic E-state index is -0.822. The van der Waals surface area contributed by atoms with Crippen molar-refractivity contribution in [1.82, 2.24) is 4.98 Å². The van der Waals surface area contributed by atoms with Crippen LogP contribution in [-0.2, 0) is 0 Å². The predicted molar refractivity (Wildman–Crippen MR) is 76.0 cm³/mol. The Kier molecular flexibility index (Phi) is 3.50. The summed E-state index contributed by atoms with van der Waals surface area (Å²) in [5, 5.41) is 2.63. The van der Waals surface area contributed by atoms with Crippen molar-refractivity contribution in [1.29, 1.82) is 0 Å². The SMILES string of the molecule is O=C(Nc1ccnc2c(F)cc(F)cc12)c1cccc(F)c1. The van der Waals surface area contributed by atoms with E-state index in [9.17, 15) is 18.0 Å². The number of anilines is 1. The quantitative estimate of drug-likeness (QED) is 0.780. The second-order valence-electron chi connectivity index (χ2n) is 4.61. The summed E-state index contributed by atoms with van der Waals surface area (Å²) in [7, 11) is 0. The molecule has 110 valence electrons. The summed E-state index contributed by atoms with van der Waals surface area (Å²) in [6.07, 6.45) is 1.30. The van der Waals surface area contributed by atoms with Crippen molar-refractivity contribution in [3.05, 3.63) is 71.7 Å². The number of rotatable bonds is 2. The van der Waals surface area contributed by atoms with Crippen LogP contribution in [0.5, 0.6) is 0 Å². The molecule has 0 radical (unpaired) electrons. The van der Waals surface area contributed by atoms with Gasteiger partial charge in [-0.2, -0.15) is 0 Å². The van der Waals surface area contributed by atoms with Gasteiger partial charge in [-0.3, -0.25) is 9.78 Å². The highest BCUT2D eigenvalue weighted by Crippen LogP contribution is 2.25. The van der Waals surface area contributed by atoms with Crippen LogP contribution in [0.2, 0.25) is 0 Å². The minimum absolute atomic E-state index is 0.0570. The Morgan fingerprint density at radius 1 is 1.00 bits per heavy atom. The first-order valence-electron chi connectivity index (χ1n) is 6.35. The molecule has 0 spiro atoms. The molecule has 3 nitrogen and oxygen atoms in total. The molecule has 0 atom stereocenters. The molecule has 0 aliphatic heterocycles. The van der Waals surface area contributed by atoms with Crippen LogP contribution in [0, 0.1) is 17.5 Å². The Morgan fingerprint density at radius 2 is 1.82 bits per heavy atom. The number of pyridine rings is 1. The van der Waals surface area contributed by atoms with E-state index < -0.39 is 23.4 Å². The number of benzene rings is 2. The van der Waals surface area contributed by atoms with Gasteiger partial charge in [-0.05, 0) is 30.3 Å². The zero-order valence-electron chi connectivity index (χ0n) is 11.1. The summed E-state index contributed by atoms with van der Waals surface area (Å²) < 4.78 is 40.2. The van der Waals surface area contributed by atoms with Gasteiger partial charge in [0, 0.05) is 23.2 Å². The third-order valence-electron chi connectivity index (χ3n) is 3.10. The van der Waals surface area contributed by atoms with Crippen LogP contribution in [0.3, 0.4) is 0 Å². The normalized spacial score (nSPS) is 10.7. The standard InChI is InChI=1S/C16H9F3N2O/c17-10-3-1-2-9(6-10)16(22)21-14-4-5-20-15-12(14)7-11(18)8-13(15)19/h1-8H,(H,20,21,22). The topological polar surface area (TPSA) is 42.0 Å². The molecule has 0 saturated carbocycles. The van der Waals surface area contributed by atoms with E-state index in [2.05, 4.69) is 10.3 Å². The van der Waals surface area contributed by atoms with Crippen LogP contribution in [0.4, 0.5) is 18.9 Å². The van der Waals surface area contributed by atoms with Crippen LogP contribution in [0.25, 0.3) is 10.9 Å². The molecule has 0 fully saturated rings. The third-order valence-corrected chi connectivity index (χ3v) is 3.10. The van der Waals surface area contributed by atoms with E-state index in [1.165, 1.54) is 30.5 Å². The van der Waals surface area contributed by atoms with E-state index in [-0.39, 0.29) is 22.2 Å². The van der Waals surface area contributed by atoms with Gasteiger partial charge in [0.05, 0.1) is 5.69 Å². The smallest absolute Gasteiger partial charge is 0.255 e. The molecule has 0 bridgehead atoms. The number of carbonyl (C=O) groups is 1. The maximum absolute atomic E-state index is 13.7. The molecule has 6 heteroatoms. The van der Waals surface area contributed by atoms with Crippen LogP contribution in [-0.4, -0.2) is 10.9 Å². The number of nitrogens with zero attached hydrogens (tertiary/aromatic N) is 1. The van der Waals surface area contributed by atoms with E-state index in [0.717, 1.165) is 12.1 Å². The summed E-state index contributed by atoms with van der Waals surface area (Å²) in [5.41, 5.74) is 0.234. The van der Waals surface area contributed by atoms with E-state index in [1.807, 2.05) is 0 Å². The highest BCUT2D eigenvalue weighted by Gasteiger charge is 2.12. The average Bonchev–Trinajstić information content (AvgIpc) is 2.48. The molecule has 2 aromatic carbocycles. The van der Waals surface area contributed by atoms with E-state index >= 15 is 0 Å². The number of nitrogens with one attached hydrogen (secondary N) is 1.